The summed E-state index contributed by atoms with van der Waals surface area (Å²) in [6, 6.07) is -0.265. The maximum Gasteiger partial charge on any atom is 0.322 e. The minimum absolute atomic E-state index is 0.214. The lowest BCUT2D eigenvalue weighted by atomic mass is 9.75. The van der Waals surface area contributed by atoms with Crippen LogP contribution in [0.25, 0.3) is 0 Å². The van der Waals surface area contributed by atoms with Gasteiger partial charge in [-0.3, -0.25) is 4.79 Å². The summed E-state index contributed by atoms with van der Waals surface area (Å²) in [5.41, 5.74) is 0. The molecule has 1 rings (SSSR count). The van der Waals surface area contributed by atoms with Gasteiger partial charge in [0, 0.05) is 6.61 Å². The molecule has 4 nitrogen and oxygen atoms in total. The summed E-state index contributed by atoms with van der Waals surface area (Å²) in [4.78, 5) is 11.5. The van der Waals surface area contributed by atoms with Crippen LogP contribution in [0.2, 0.25) is 0 Å². The summed E-state index contributed by atoms with van der Waals surface area (Å²) < 4.78 is 10.9. The number of carbonyl (C=O) groups is 1. The Morgan fingerprint density at radius 2 is 2.05 bits per heavy atom. The Kier molecular flexibility index (Phi) is 7.52. The molecule has 0 bridgehead atoms. The van der Waals surface area contributed by atoms with Crippen LogP contribution in [0.5, 0.6) is 0 Å². The zero-order valence-corrected chi connectivity index (χ0v) is 13.6. The molecule has 1 aliphatic carbocycles. The van der Waals surface area contributed by atoms with Crippen molar-refractivity contribution in [2.45, 2.75) is 58.6 Å². The predicted molar refractivity (Wildman–Crippen MR) is 80.6 cm³/mol. The number of hydrogen-bond donors (Lipinski definition) is 1. The van der Waals surface area contributed by atoms with Crippen molar-refractivity contribution < 1.29 is 14.3 Å². The summed E-state index contributed by atoms with van der Waals surface area (Å²) in [7, 11) is 3.20. The quantitative estimate of drug-likeness (QED) is 0.731. The summed E-state index contributed by atoms with van der Waals surface area (Å²) in [6.45, 7) is 7.47. The Labute approximate surface area is 123 Å². The minimum atomic E-state index is -0.265. The Morgan fingerprint density at radius 1 is 1.35 bits per heavy atom. The second-order valence-corrected chi connectivity index (χ2v) is 6.39. The Hall–Kier alpha value is -0.610. The van der Waals surface area contributed by atoms with Crippen LogP contribution in [0, 0.1) is 17.8 Å². The average Bonchev–Trinajstić information content (AvgIpc) is 2.42. The number of hydrogen-bond acceptors (Lipinski definition) is 4. The van der Waals surface area contributed by atoms with Crippen LogP contribution in [0.4, 0.5) is 0 Å². The molecular formula is C16H31NO3. The van der Waals surface area contributed by atoms with Crippen molar-refractivity contribution in [3.63, 3.8) is 0 Å². The molecule has 0 heterocycles. The monoisotopic (exact) mass is 285 g/mol. The van der Waals surface area contributed by atoms with Crippen LogP contribution in [-0.4, -0.2) is 38.9 Å². The van der Waals surface area contributed by atoms with E-state index in [0.717, 1.165) is 12.3 Å². The third-order valence-corrected chi connectivity index (χ3v) is 4.53. The molecule has 1 fully saturated rings. The largest absolute Gasteiger partial charge is 0.468 e. The van der Waals surface area contributed by atoms with E-state index in [1.165, 1.54) is 20.0 Å². The van der Waals surface area contributed by atoms with E-state index in [4.69, 9.17) is 9.47 Å². The van der Waals surface area contributed by atoms with Crippen molar-refractivity contribution in [1.29, 1.82) is 0 Å². The average molecular weight is 285 g/mol. The Bertz CT molecular complexity index is 293. The summed E-state index contributed by atoms with van der Waals surface area (Å²) >= 11 is 0. The Balaban J connectivity index is 2.43. The first-order valence-corrected chi connectivity index (χ1v) is 7.86. The summed E-state index contributed by atoms with van der Waals surface area (Å²) in [6.07, 6.45) is 4.72. The molecule has 20 heavy (non-hydrogen) atoms. The Morgan fingerprint density at radius 3 is 2.60 bits per heavy atom. The van der Waals surface area contributed by atoms with Gasteiger partial charge >= 0.3 is 5.97 Å². The third-order valence-electron chi connectivity index (χ3n) is 4.53. The van der Waals surface area contributed by atoms with Crippen LogP contribution in [0.1, 0.15) is 46.5 Å². The molecular weight excluding hydrogens is 254 g/mol. The SMILES string of the molecule is CNC(CCOC1CC(C)CCC1C(C)C)C(=O)OC. The molecule has 4 unspecified atom stereocenters. The molecule has 0 aromatic rings. The molecule has 0 radical (unpaired) electrons. The van der Waals surface area contributed by atoms with Gasteiger partial charge < -0.3 is 14.8 Å². The van der Waals surface area contributed by atoms with Gasteiger partial charge in [-0.15, -0.1) is 0 Å². The topological polar surface area (TPSA) is 47.6 Å². The normalized spacial score (nSPS) is 28.4. The van der Waals surface area contributed by atoms with E-state index in [0.29, 0.717) is 31.0 Å². The fourth-order valence-corrected chi connectivity index (χ4v) is 3.17. The molecule has 0 amide bonds. The van der Waals surface area contributed by atoms with Crippen LogP contribution in [0.15, 0.2) is 0 Å². The maximum absolute atomic E-state index is 11.5. The molecule has 4 heteroatoms. The molecule has 1 aliphatic rings. The molecule has 0 aromatic heterocycles. The van der Waals surface area contributed by atoms with Crippen molar-refractivity contribution >= 4 is 5.97 Å². The first-order chi connectivity index (χ1) is 9.49. The number of nitrogens with one attached hydrogen (secondary N) is 1. The van der Waals surface area contributed by atoms with Crippen LogP contribution < -0.4 is 5.32 Å². The van der Waals surface area contributed by atoms with Gasteiger partial charge in [0.2, 0.25) is 0 Å². The number of carbonyl (C=O) groups excluding carboxylic acids is 1. The second kappa shape index (κ2) is 8.63. The van der Waals surface area contributed by atoms with Gasteiger partial charge in [0.15, 0.2) is 0 Å². The van der Waals surface area contributed by atoms with Crippen LogP contribution in [-0.2, 0) is 14.3 Å². The first-order valence-electron chi connectivity index (χ1n) is 7.86. The number of likely N-dealkylation sites (N-methyl/N-ethyl adjacent to an activating group) is 1. The van der Waals surface area contributed by atoms with E-state index in [1.807, 2.05) is 0 Å². The fourth-order valence-electron chi connectivity index (χ4n) is 3.17. The summed E-state index contributed by atoms with van der Waals surface area (Å²) in [5.74, 6) is 1.84. The second-order valence-electron chi connectivity index (χ2n) is 6.39. The van der Waals surface area contributed by atoms with Gasteiger partial charge in [-0.1, -0.05) is 27.2 Å². The van der Waals surface area contributed by atoms with Gasteiger partial charge in [-0.05, 0) is 44.1 Å². The molecule has 0 spiro atoms. The standard InChI is InChI=1S/C16H31NO3/c1-11(2)13-7-6-12(3)10-15(13)20-9-8-14(17-4)16(18)19-5/h11-15,17H,6-10H2,1-5H3. The zero-order valence-electron chi connectivity index (χ0n) is 13.6. The van der Waals surface area contributed by atoms with Gasteiger partial charge in [0.05, 0.1) is 13.2 Å². The molecule has 1 saturated carbocycles. The maximum atomic E-state index is 11.5. The van der Waals surface area contributed by atoms with Crippen LogP contribution in [0.3, 0.4) is 0 Å². The number of ether oxygens (including phenoxy) is 2. The number of esters is 1. The lowest BCUT2D eigenvalue weighted by Gasteiger charge is -2.37. The van der Waals surface area contributed by atoms with E-state index >= 15 is 0 Å². The highest BCUT2D eigenvalue weighted by atomic mass is 16.5. The van der Waals surface area contributed by atoms with Gasteiger partial charge in [0.25, 0.3) is 0 Å². The lowest BCUT2D eigenvalue weighted by molar-refractivity contribution is -0.144. The zero-order chi connectivity index (χ0) is 15.1. The van der Waals surface area contributed by atoms with Crippen molar-refractivity contribution in [3.8, 4) is 0 Å². The van der Waals surface area contributed by atoms with Crippen LogP contribution >= 0.6 is 0 Å². The lowest BCUT2D eigenvalue weighted by Crippen LogP contribution is -2.38. The van der Waals surface area contributed by atoms with E-state index in [9.17, 15) is 4.79 Å². The number of rotatable bonds is 7. The molecule has 0 aromatic carbocycles. The van der Waals surface area contributed by atoms with E-state index < -0.39 is 0 Å². The van der Waals surface area contributed by atoms with E-state index in [-0.39, 0.29) is 12.0 Å². The van der Waals surface area contributed by atoms with Gasteiger partial charge in [0.1, 0.15) is 6.04 Å². The van der Waals surface area contributed by atoms with E-state index in [2.05, 4.69) is 26.1 Å². The van der Waals surface area contributed by atoms with Crippen molar-refractivity contribution in [3.05, 3.63) is 0 Å². The molecule has 0 saturated heterocycles. The smallest absolute Gasteiger partial charge is 0.322 e. The highest BCUT2D eigenvalue weighted by molar-refractivity contribution is 5.75. The molecule has 4 atom stereocenters. The predicted octanol–water partition coefficient (Wildman–Crippen LogP) is 2.61. The highest BCUT2D eigenvalue weighted by Gasteiger charge is 2.31. The molecule has 0 aliphatic heterocycles. The van der Waals surface area contributed by atoms with E-state index in [1.54, 1.807) is 7.05 Å². The molecule has 1 N–H and O–H groups in total. The van der Waals surface area contributed by atoms with Crippen molar-refractivity contribution in [1.82, 2.24) is 5.32 Å². The van der Waals surface area contributed by atoms with Crippen molar-refractivity contribution in [2.24, 2.45) is 17.8 Å². The van der Waals surface area contributed by atoms with Crippen molar-refractivity contribution in [2.75, 3.05) is 20.8 Å². The highest BCUT2D eigenvalue weighted by Crippen LogP contribution is 2.35. The molecule has 118 valence electrons. The minimum Gasteiger partial charge on any atom is -0.468 e. The summed E-state index contributed by atoms with van der Waals surface area (Å²) in [5, 5.41) is 2.98. The third kappa shape index (κ3) is 5.06. The van der Waals surface area contributed by atoms with Gasteiger partial charge in [-0.2, -0.15) is 0 Å². The number of methoxy groups -OCH3 is 1. The van der Waals surface area contributed by atoms with Gasteiger partial charge in [-0.25, -0.2) is 0 Å². The first kappa shape index (κ1) is 17.4. The fraction of sp³-hybridized carbons (Fsp3) is 0.938.